The molecule has 13 heavy (non-hydrogen) atoms. The van der Waals surface area contributed by atoms with E-state index in [4.69, 9.17) is 11.5 Å². The molecule has 1 aromatic rings. The second kappa shape index (κ2) is 3.70. The van der Waals surface area contributed by atoms with Crippen LogP contribution in [0.5, 0.6) is 0 Å². The summed E-state index contributed by atoms with van der Waals surface area (Å²) in [6.07, 6.45) is 1.37. The molecule has 0 aromatic carbocycles. The Labute approximate surface area is 75.4 Å². The number of anilines is 2. The second-order valence-electron chi connectivity index (χ2n) is 2.48. The van der Waals surface area contributed by atoms with Gasteiger partial charge in [0.1, 0.15) is 18.0 Å². The van der Waals surface area contributed by atoms with Gasteiger partial charge in [-0.05, 0) is 0 Å². The Bertz CT molecular complexity index is 325. The lowest BCUT2D eigenvalue weighted by molar-refractivity contribution is -0.117. The normalized spacial score (nSPS) is 9.62. The van der Waals surface area contributed by atoms with E-state index in [1.807, 2.05) is 0 Å². The summed E-state index contributed by atoms with van der Waals surface area (Å²) in [7, 11) is 1.69. The van der Waals surface area contributed by atoms with Gasteiger partial charge in [-0.15, -0.1) is 0 Å². The molecule has 0 saturated carbocycles. The first kappa shape index (κ1) is 9.24. The van der Waals surface area contributed by atoms with Gasteiger partial charge in [0.2, 0.25) is 5.91 Å². The van der Waals surface area contributed by atoms with Crippen molar-refractivity contribution in [1.29, 1.82) is 0 Å². The van der Waals surface area contributed by atoms with Gasteiger partial charge >= 0.3 is 0 Å². The summed E-state index contributed by atoms with van der Waals surface area (Å²) in [5.74, 6) is 0.349. The Hall–Kier alpha value is -1.85. The van der Waals surface area contributed by atoms with Crippen LogP contribution in [-0.4, -0.2) is 22.9 Å². The van der Waals surface area contributed by atoms with Gasteiger partial charge in [-0.25, -0.2) is 9.97 Å². The number of amides is 1. The predicted molar refractivity (Wildman–Crippen MR) is 48.9 cm³/mol. The molecule has 1 aromatic heterocycles. The SMILES string of the molecule is CNc1ncnc(N)c1CC(N)=O. The molecule has 0 aliphatic carbocycles. The third kappa shape index (κ3) is 2.05. The van der Waals surface area contributed by atoms with Crippen molar-refractivity contribution >= 4 is 17.5 Å². The molecule has 6 heteroatoms. The summed E-state index contributed by atoms with van der Waals surface area (Å²) in [4.78, 5) is 18.3. The molecule has 0 saturated heterocycles. The predicted octanol–water partition coefficient (Wildman–Crippen LogP) is -0.872. The summed E-state index contributed by atoms with van der Waals surface area (Å²) in [6, 6.07) is 0. The zero-order chi connectivity index (χ0) is 9.84. The van der Waals surface area contributed by atoms with Crippen molar-refractivity contribution < 1.29 is 4.79 Å². The van der Waals surface area contributed by atoms with E-state index in [0.717, 1.165) is 0 Å². The number of hydrogen-bond acceptors (Lipinski definition) is 5. The largest absolute Gasteiger partial charge is 0.383 e. The smallest absolute Gasteiger partial charge is 0.222 e. The highest BCUT2D eigenvalue weighted by molar-refractivity contribution is 5.80. The maximum absolute atomic E-state index is 10.7. The quantitative estimate of drug-likeness (QED) is 0.561. The molecule has 70 valence electrons. The first-order valence-electron chi connectivity index (χ1n) is 3.70. The molecule has 0 aliphatic rings. The van der Waals surface area contributed by atoms with Crippen LogP contribution in [-0.2, 0) is 11.2 Å². The molecular weight excluding hydrogens is 170 g/mol. The molecule has 1 rings (SSSR count). The average Bonchev–Trinajstić information content (AvgIpc) is 2.08. The zero-order valence-electron chi connectivity index (χ0n) is 7.24. The molecule has 0 fully saturated rings. The van der Waals surface area contributed by atoms with Gasteiger partial charge in [0, 0.05) is 12.6 Å². The highest BCUT2D eigenvalue weighted by Gasteiger charge is 2.09. The van der Waals surface area contributed by atoms with E-state index < -0.39 is 5.91 Å². The Kier molecular flexibility index (Phi) is 2.63. The fourth-order valence-corrected chi connectivity index (χ4v) is 0.990. The van der Waals surface area contributed by atoms with Crippen LogP contribution in [0.3, 0.4) is 0 Å². The first-order chi connectivity index (χ1) is 6.15. The van der Waals surface area contributed by atoms with E-state index in [-0.39, 0.29) is 12.2 Å². The molecule has 0 bridgehead atoms. The molecule has 1 heterocycles. The van der Waals surface area contributed by atoms with Crippen LogP contribution in [0.4, 0.5) is 11.6 Å². The number of nitrogen functional groups attached to an aromatic ring is 1. The lowest BCUT2D eigenvalue weighted by Gasteiger charge is -2.07. The van der Waals surface area contributed by atoms with Gasteiger partial charge in [0.25, 0.3) is 0 Å². The number of nitrogens with one attached hydrogen (secondary N) is 1. The summed E-state index contributed by atoms with van der Waals surface area (Å²) in [6.45, 7) is 0. The third-order valence-corrected chi connectivity index (χ3v) is 1.57. The summed E-state index contributed by atoms with van der Waals surface area (Å²) in [5.41, 5.74) is 11.1. The molecular formula is C7H11N5O. The Balaban J connectivity index is 3.07. The maximum atomic E-state index is 10.7. The lowest BCUT2D eigenvalue weighted by Crippen LogP contribution is -2.17. The van der Waals surface area contributed by atoms with Crippen molar-refractivity contribution in [2.24, 2.45) is 5.73 Å². The van der Waals surface area contributed by atoms with E-state index in [1.165, 1.54) is 6.33 Å². The molecule has 0 aliphatic heterocycles. The number of nitrogens with zero attached hydrogens (tertiary/aromatic N) is 2. The van der Waals surface area contributed by atoms with Crippen LogP contribution in [0.2, 0.25) is 0 Å². The summed E-state index contributed by atoms with van der Waals surface area (Å²) >= 11 is 0. The first-order valence-corrected chi connectivity index (χ1v) is 3.70. The Morgan fingerprint density at radius 2 is 2.31 bits per heavy atom. The topological polar surface area (TPSA) is 107 Å². The maximum Gasteiger partial charge on any atom is 0.222 e. The van der Waals surface area contributed by atoms with Gasteiger partial charge in [-0.2, -0.15) is 0 Å². The van der Waals surface area contributed by atoms with Gasteiger partial charge in [-0.1, -0.05) is 0 Å². The lowest BCUT2D eigenvalue weighted by atomic mass is 10.2. The Morgan fingerprint density at radius 1 is 1.62 bits per heavy atom. The second-order valence-corrected chi connectivity index (χ2v) is 2.48. The fourth-order valence-electron chi connectivity index (χ4n) is 0.990. The van der Waals surface area contributed by atoms with E-state index in [0.29, 0.717) is 11.4 Å². The molecule has 5 N–H and O–H groups in total. The minimum Gasteiger partial charge on any atom is -0.383 e. The third-order valence-electron chi connectivity index (χ3n) is 1.57. The number of carbonyl (C=O) groups excluding carboxylic acids is 1. The monoisotopic (exact) mass is 181 g/mol. The van der Waals surface area contributed by atoms with E-state index >= 15 is 0 Å². The average molecular weight is 181 g/mol. The minimum atomic E-state index is -0.460. The van der Waals surface area contributed by atoms with Crippen molar-refractivity contribution in [3.8, 4) is 0 Å². The van der Waals surface area contributed by atoms with Crippen LogP contribution in [0.25, 0.3) is 0 Å². The highest BCUT2D eigenvalue weighted by atomic mass is 16.1. The molecule has 0 radical (unpaired) electrons. The van der Waals surface area contributed by atoms with Crippen LogP contribution in [0.1, 0.15) is 5.56 Å². The van der Waals surface area contributed by atoms with Crippen LogP contribution < -0.4 is 16.8 Å². The number of nitrogens with two attached hydrogens (primary N) is 2. The van der Waals surface area contributed by atoms with Crippen LogP contribution in [0.15, 0.2) is 6.33 Å². The van der Waals surface area contributed by atoms with Crippen LogP contribution in [0, 0.1) is 0 Å². The standard InChI is InChI=1S/C7H11N5O/c1-10-7-4(2-5(8)13)6(9)11-3-12-7/h3H,2H2,1H3,(H2,8,13)(H3,9,10,11,12). The number of carbonyl (C=O) groups is 1. The van der Waals surface area contributed by atoms with Gasteiger partial charge in [0.15, 0.2) is 0 Å². The number of aromatic nitrogens is 2. The summed E-state index contributed by atoms with van der Waals surface area (Å²) < 4.78 is 0. The molecule has 1 amide bonds. The van der Waals surface area contributed by atoms with Crippen molar-refractivity contribution in [1.82, 2.24) is 9.97 Å². The van der Waals surface area contributed by atoms with E-state index in [9.17, 15) is 4.79 Å². The van der Waals surface area contributed by atoms with Gasteiger partial charge in [0.05, 0.1) is 6.42 Å². The number of rotatable bonds is 3. The highest BCUT2D eigenvalue weighted by Crippen LogP contribution is 2.16. The van der Waals surface area contributed by atoms with Crippen LogP contribution >= 0.6 is 0 Å². The van der Waals surface area contributed by atoms with Crippen molar-refractivity contribution in [2.45, 2.75) is 6.42 Å². The van der Waals surface area contributed by atoms with Crippen molar-refractivity contribution in [2.75, 3.05) is 18.1 Å². The minimum absolute atomic E-state index is 0.0445. The molecule has 0 atom stereocenters. The van der Waals surface area contributed by atoms with E-state index in [1.54, 1.807) is 7.05 Å². The molecule has 0 unspecified atom stereocenters. The molecule has 0 spiro atoms. The summed E-state index contributed by atoms with van der Waals surface area (Å²) in [5, 5.41) is 2.80. The zero-order valence-corrected chi connectivity index (χ0v) is 7.24. The van der Waals surface area contributed by atoms with Gasteiger partial charge in [-0.3, -0.25) is 4.79 Å². The van der Waals surface area contributed by atoms with E-state index in [2.05, 4.69) is 15.3 Å². The number of hydrogen-bond donors (Lipinski definition) is 3. The fraction of sp³-hybridized carbons (Fsp3) is 0.286. The Morgan fingerprint density at radius 3 is 2.85 bits per heavy atom. The van der Waals surface area contributed by atoms with Crippen molar-refractivity contribution in [3.05, 3.63) is 11.9 Å². The number of primary amides is 1. The molecule has 6 nitrogen and oxygen atoms in total. The van der Waals surface area contributed by atoms with Crippen molar-refractivity contribution in [3.63, 3.8) is 0 Å². The van der Waals surface area contributed by atoms with Gasteiger partial charge < -0.3 is 16.8 Å².